The average Bonchev–Trinajstić information content (AvgIpc) is 3.31. The molecule has 4 aromatic rings. The van der Waals surface area contributed by atoms with Crippen LogP contribution in [-0.4, -0.2) is 52.9 Å². The molecule has 0 radical (unpaired) electrons. The molecule has 13 heteroatoms. The second kappa shape index (κ2) is 9.13. The van der Waals surface area contributed by atoms with Crippen LogP contribution in [0, 0.1) is 0 Å². The number of aromatic amines is 2. The van der Waals surface area contributed by atoms with Crippen LogP contribution in [0.3, 0.4) is 0 Å². The molecule has 0 aliphatic carbocycles. The third-order valence-electron chi connectivity index (χ3n) is 4.68. The van der Waals surface area contributed by atoms with Crippen molar-refractivity contribution in [2.45, 2.75) is 19.0 Å². The molecule has 4 rings (SSSR count). The summed E-state index contributed by atoms with van der Waals surface area (Å²) in [7, 11) is 0. The predicted octanol–water partition coefficient (Wildman–Crippen LogP) is 0.0562. The molecule has 0 bridgehead atoms. The number of carboxylic acids is 1. The van der Waals surface area contributed by atoms with Gasteiger partial charge in [0.2, 0.25) is 5.95 Å². The maximum atomic E-state index is 12.5. The van der Waals surface area contributed by atoms with Crippen molar-refractivity contribution in [2.24, 2.45) is 0 Å². The molecule has 0 spiro atoms. The molecule has 0 unspecified atom stereocenters. The van der Waals surface area contributed by atoms with Crippen LogP contribution in [0.4, 0.5) is 11.6 Å². The van der Waals surface area contributed by atoms with E-state index in [2.05, 4.69) is 40.5 Å². The normalized spacial score (nSPS) is 11.8. The van der Waals surface area contributed by atoms with E-state index in [4.69, 9.17) is 5.73 Å². The molecule has 7 N–H and O–H groups in total. The highest BCUT2D eigenvalue weighted by Gasteiger charge is 2.22. The molecule has 0 aliphatic heterocycles. The summed E-state index contributed by atoms with van der Waals surface area (Å²) in [4.78, 5) is 57.3. The number of hydrogen-bond donors (Lipinski definition) is 6. The van der Waals surface area contributed by atoms with Crippen LogP contribution in [0.2, 0.25) is 0 Å². The van der Waals surface area contributed by atoms with Crippen molar-refractivity contribution in [3.05, 3.63) is 70.3 Å². The lowest BCUT2D eigenvalue weighted by Gasteiger charge is -2.14. The number of H-pyrrole nitrogens is 2. The topological polar surface area (TPSA) is 205 Å². The van der Waals surface area contributed by atoms with Crippen molar-refractivity contribution in [1.82, 2.24) is 35.2 Å². The van der Waals surface area contributed by atoms with Crippen LogP contribution in [0.25, 0.3) is 11.2 Å². The number of carbonyl (C=O) groups is 2. The first-order chi connectivity index (χ1) is 15.9. The van der Waals surface area contributed by atoms with E-state index in [0.717, 1.165) is 0 Å². The van der Waals surface area contributed by atoms with Crippen LogP contribution in [0.1, 0.15) is 21.7 Å². The molecular formula is C20H19N9O4. The number of anilines is 2. The summed E-state index contributed by atoms with van der Waals surface area (Å²) in [6.07, 6.45) is 4.55. The van der Waals surface area contributed by atoms with Gasteiger partial charge in [0.05, 0.1) is 30.5 Å². The highest BCUT2D eigenvalue weighted by Crippen LogP contribution is 2.12. The number of rotatable bonds is 8. The highest BCUT2D eigenvalue weighted by molar-refractivity contribution is 5.96. The Labute approximate surface area is 185 Å². The first-order valence-corrected chi connectivity index (χ1v) is 9.76. The lowest BCUT2D eigenvalue weighted by molar-refractivity contribution is -0.139. The van der Waals surface area contributed by atoms with E-state index < -0.39 is 23.5 Å². The van der Waals surface area contributed by atoms with Gasteiger partial charge in [0.25, 0.3) is 11.5 Å². The average molecular weight is 449 g/mol. The first kappa shape index (κ1) is 21.4. The lowest BCUT2D eigenvalue weighted by atomic mass is 10.1. The number of nitrogens with zero attached hydrogens (tertiary/aromatic N) is 4. The summed E-state index contributed by atoms with van der Waals surface area (Å²) in [5.41, 5.74) is 7.27. The second-order valence-corrected chi connectivity index (χ2v) is 7.04. The minimum atomic E-state index is -1.15. The van der Waals surface area contributed by atoms with E-state index >= 15 is 0 Å². The summed E-state index contributed by atoms with van der Waals surface area (Å²) >= 11 is 0. The largest absolute Gasteiger partial charge is 0.480 e. The van der Waals surface area contributed by atoms with E-state index in [-0.39, 0.29) is 30.1 Å². The minimum Gasteiger partial charge on any atom is -0.480 e. The lowest BCUT2D eigenvalue weighted by Crippen LogP contribution is -2.42. The maximum absolute atomic E-state index is 12.5. The Hall–Kier alpha value is -4.81. The van der Waals surface area contributed by atoms with Gasteiger partial charge >= 0.3 is 5.97 Å². The Kier molecular flexibility index (Phi) is 5.93. The molecule has 0 aliphatic rings. The van der Waals surface area contributed by atoms with E-state index in [0.29, 0.717) is 22.6 Å². The third kappa shape index (κ3) is 5.10. The predicted molar refractivity (Wildman–Crippen MR) is 117 cm³/mol. The number of carbonyl (C=O) groups excluding carboxylic acids is 1. The molecule has 1 atom stereocenters. The quantitative estimate of drug-likeness (QED) is 0.213. The van der Waals surface area contributed by atoms with Crippen LogP contribution in [-0.2, 0) is 17.8 Å². The van der Waals surface area contributed by atoms with Crippen molar-refractivity contribution in [2.75, 3.05) is 11.1 Å². The van der Waals surface area contributed by atoms with Crippen LogP contribution in [0.15, 0.2) is 47.8 Å². The molecule has 3 heterocycles. The van der Waals surface area contributed by atoms with Gasteiger partial charge in [-0.1, -0.05) is 0 Å². The Balaban J connectivity index is 1.38. The SMILES string of the molecule is Nc1nc2ncc(CNc3ccc(C(=O)N[C@@H](Cc4c[nH]cn4)C(=O)O)cc3)nc2c(=O)[nH]1. The Morgan fingerprint density at radius 3 is 2.61 bits per heavy atom. The van der Waals surface area contributed by atoms with Crippen LogP contribution >= 0.6 is 0 Å². The number of fused-ring (bicyclic) bond motifs is 1. The van der Waals surface area contributed by atoms with Crippen LogP contribution in [0.5, 0.6) is 0 Å². The summed E-state index contributed by atoms with van der Waals surface area (Å²) in [6, 6.07) is 5.35. The van der Waals surface area contributed by atoms with Gasteiger partial charge < -0.3 is 26.5 Å². The van der Waals surface area contributed by atoms with E-state index in [1.165, 1.54) is 12.5 Å². The smallest absolute Gasteiger partial charge is 0.326 e. The summed E-state index contributed by atoms with van der Waals surface area (Å²) in [5, 5.41) is 15.0. The number of nitrogens with one attached hydrogen (secondary N) is 4. The summed E-state index contributed by atoms with van der Waals surface area (Å²) in [5.74, 6) is -1.71. The molecule has 1 aromatic carbocycles. The number of carboxylic acid groups (broad SMARTS) is 1. The van der Waals surface area contributed by atoms with E-state index in [9.17, 15) is 19.5 Å². The van der Waals surface area contributed by atoms with Gasteiger partial charge in [-0.3, -0.25) is 14.6 Å². The van der Waals surface area contributed by atoms with Gasteiger partial charge in [-0.25, -0.2) is 19.7 Å². The number of nitrogens with two attached hydrogens (primary N) is 1. The Bertz CT molecular complexity index is 1350. The Morgan fingerprint density at radius 2 is 1.91 bits per heavy atom. The zero-order chi connectivity index (χ0) is 23.4. The third-order valence-corrected chi connectivity index (χ3v) is 4.68. The minimum absolute atomic E-state index is 0.0346. The van der Waals surface area contributed by atoms with Crippen molar-refractivity contribution >= 4 is 34.7 Å². The van der Waals surface area contributed by atoms with E-state index in [1.54, 1.807) is 30.5 Å². The Morgan fingerprint density at radius 1 is 1.12 bits per heavy atom. The number of nitrogen functional groups attached to an aromatic ring is 1. The van der Waals surface area contributed by atoms with Crippen LogP contribution < -0.4 is 21.9 Å². The van der Waals surface area contributed by atoms with E-state index in [1.807, 2.05) is 0 Å². The van der Waals surface area contributed by atoms with Gasteiger partial charge in [0.15, 0.2) is 11.2 Å². The summed E-state index contributed by atoms with van der Waals surface area (Å²) in [6.45, 7) is 0.267. The molecule has 3 aromatic heterocycles. The van der Waals surface area contributed by atoms with Gasteiger partial charge in [0, 0.05) is 23.9 Å². The van der Waals surface area contributed by atoms with Gasteiger partial charge in [0.1, 0.15) is 6.04 Å². The number of aliphatic carboxylic acids is 1. The number of amides is 1. The number of aromatic nitrogens is 6. The molecular weight excluding hydrogens is 430 g/mol. The van der Waals surface area contributed by atoms with Crippen molar-refractivity contribution in [3.8, 4) is 0 Å². The molecule has 0 saturated carbocycles. The summed E-state index contributed by atoms with van der Waals surface area (Å²) < 4.78 is 0. The standard InChI is InChI=1S/C20H19N9O4/c21-20-28-16-15(18(31)29-20)26-13(8-24-16)7-23-11-3-1-10(2-4-11)17(30)27-14(19(32)33)5-12-6-22-9-25-12/h1-4,6,8-9,14,23H,5,7H2,(H,22,25)(H,27,30)(H,32,33)(H3,21,24,28,29,31)/t14-/m0/s1. The fourth-order valence-corrected chi connectivity index (χ4v) is 3.04. The molecule has 33 heavy (non-hydrogen) atoms. The fraction of sp³-hybridized carbons (Fsp3) is 0.150. The van der Waals surface area contributed by atoms with Gasteiger partial charge in [-0.15, -0.1) is 0 Å². The zero-order valence-electron chi connectivity index (χ0n) is 17.1. The number of benzene rings is 1. The number of hydrogen-bond acceptors (Lipinski definition) is 9. The molecule has 168 valence electrons. The molecule has 0 fully saturated rings. The van der Waals surface area contributed by atoms with Crippen molar-refractivity contribution in [3.63, 3.8) is 0 Å². The zero-order valence-corrected chi connectivity index (χ0v) is 17.1. The second-order valence-electron chi connectivity index (χ2n) is 7.04. The maximum Gasteiger partial charge on any atom is 0.326 e. The van der Waals surface area contributed by atoms with Gasteiger partial charge in [-0.2, -0.15) is 4.98 Å². The monoisotopic (exact) mass is 449 g/mol. The fourth-order valence-electron chi connectivity index (χ4n) is 3.04. The first-order valence-electron chi connectivity index (χ1n) is 9.76. The molecule has 0 saturated heterocycles. The van der Waals surface area contributed by atoms with Crippen molar-refractivity contribution < 1.29 is 14.7 Å². The highest BCUT2D eigenvalue weighted by atomic mass is 16.4. The van der Waals surface area contributed by atoms with Gasteiger partial charge in [-0.05, 0) is 24.3 Å². The molecule has 1 amide bonds. The molecule has 13 nitrogen and oxygen atoms in total. The number of imidazole rings is 1. The van der Waals surface area contributed by atoms with Crippen molar-refractivity contribution in [1.29, 1.82) is 0 Å².